The molecular weight excluding hydrogens is 260 g/mol. The molecule has 0 aliphatic heterocycles. The number of hydrogen-bond donors (Lipinski definition) is 1. The van der Waals surface area contributed by atoms with Crippen molar-refractivity contribution < 1.29 is 4.92 Å². The highest BCUT2D eigenvalue weighted by Crippen LogP contribution is 2.23. The fraction of sp³-hybridized carbons (Fsp3) is 0.417. The largest absolute Gasteiger partial charge is 0.370 e. The molecule has 0 spiro atoms. The van der Waals surface area contributed by atoms with E-state index in [0.717, 1.165) is 6.42 Å². The Labute approximate surface area is 116 Å². The zero-order chi connectivity index (χ0) is 15.0. The van der Waals surface area contributed by atoms with Crippen LogP contribution in [0.3, 0.4) is 0 Å². The molecule has 1 aromatic heterocycles. The van der Waals surface area contributed by atoms with Gasteiger partial charge in [-0.3, -0.25) is 10.1 Å². The van der Waals surface area contributed by atoms with Gasteiger partial charge in [-0.2, -0.15) is 10.5 Å². The van der Waals surface area contributed by atoms with Crippen LogP contribution in [0.5, 0.6) is 0 Å². The monoisotopic (exact) mass is 274 g/mol. The highest BCUT2D eigenvalue weighted by Gasteiger charge is 2.15. The van der Waals surface area contributed by atoms with E-state index in [2.05, 4.69) is 10.3 Å². The Morgan fingerprint density at radius 3 is 2.55 bits per heavy atom. The van der Waals surface area contributed by atoms with Crippen LogP contribution in [-0.2, 0) is 0 Å². The molecule has 104 valence electrons. The first-order chi connectivity index (χ1) is 9.62. The lowest BCUT2D eigenvalue weighted by Gasteiger charge is -2.17. The minimum Gasteiger partial charge on any atom is -0.370 e. The van der Waals surface area contributed by atoms with Crippen LogP contribution in [0.25, 0.3) is 0 Å². The molecule has 20 heavy (non-hydrogen) atoms. The third-order valence-electron chi connectivity index (χ3n) is 2.41. The summed E-state index contributed by atoms with van der Waals surface area (Å²) >= 11 is 0. The molecule has 0 fully saturated rings. The van der Waals surface area contributed by atoms with Crippen molar-refractivity contribution >= 4 is 17.3 Å². The average Bonchev–Trinajstić information content (AvgIpc) is 2.44. The lowest BCUT2D eigenvalue weighted by molar-refractivity contribution is -0.384. The van der Waals surface area contributed by atoms with E-state index in [4.69, 9.17) is 10.5 Å². The lowest BCUT2D eigenvalue weighted by atomic mass is 10.3. The number of rotatable bonds is 7. The number of nitrogens with one attached hydrogen (secondary N) is 1. The quantitative estimate of drug-likeness (QED) is 0.456. The van der Waals surface area contributed by atoms with Crippen LogP contribution in [0.15, 0.2) is 12.1 Å². The van der Waals surface area contributed by atoms with Crippen molar-refractivity contribution in [2.75, 3.05) is 29.9 Å². The van der Waals surface area contributed by atoms with E-state index >= 15 is 0 Å². The molecule has 1 rings (SSSR count). The highest BCUT2D eigenvalue weighted by atomic mass is 16.6. The van der Waals surface area contributed by atoms with Gasteiger partial charge in [-0.05, 0) is 6.42 Å². The van der Waals surface area contributed by atoms with Gasteiger partial charge in [-0.1, -0.05) is 6.92 Å². The van der Waals surface area contributed by atoms with Crippen molar-refractivity contribution in [3.8, 4) is 12.1 Å². The van der Waals surface area contributed by atoms with Crippen molar-refractivity contribution in [2.45, 2.75) is 13.3 Å². The first kappa shape index (κ1) is 15.2. The summed E-state index contributed by atoms with van der Waals surface area (Å²) in [4.78, 5) is 16.0. The van der Waals surface area contributed by atoms with Gasteiger partial charge in [0.2, 0.25) is 0 Å². The molecule has 0 aliphatic carbocycles. The summed E-state index contributed by atoms with van der Waals surface area (Å²) in [5, 5.41) is 31.4. The Morgan fingerprint density at radius 1 is 1.40 bits per heavy atom. The summed E-state index contributed by atoms with van der Waals surface area (Å²) in [5.41, 5.74) is -0.130. The molecule has 0 aliphatic rings. The standard InChI is InChI=1S/C12H14N6O2/c1-2-5-15-11-8-10(18(19)20)9-12(16-11)17(6-3-13)7-4-14/h8-9H,2,5-7H2,1H3,(H,15,16). The van der Waals surface area contributed by atoms with E-state index in [1.807, 2.05) is 19.1 Å². The van der Waals surface area contributed by atoms with Crippen LogP contribution in [0.1, 0.15) is 13.3 Å². The Morgan fingerprint density at radius 2 is 2.05 bits per heavy atom. The van der Waals surface area contributed by atoms with Gasteiger partial charge < -0.3 is 10.2 Å². The molecule has 0 bridgehead atoms. The summed E-state index contributed by atoms with van der Waals surface area (Å²) in [6.45, 7) is 2.47. The molecule has 0 amide bonds. The molecule has 1 heterocycles. The zero-order valence-corrected chi connectivity index (χ0v) is 11.0. The Hall–Kier alpha value is -2.87. The van der Waals surface area contributed by atoms with Crippen LogP contribution in [0.4, 0.5) is 17.3 Å². The van der Waals surface area contributed by atoms with E-state index in [-0.39, 0.29) is 24.6 Å². The van der Waals surface area contributed by atoms with E-state index in [1.165, 1.54) is 17.0 Å². The zero-order valence-electron chi connectivity index (χ0n) is 11.0. The predicted octanol–water partition coefficient (Wildman–Crippen LogP) is 1.67. The van der Waals surface area contributed by atoms with Crippen LogP contribution >= 0.6 is 0 Å². The van der Waals surface area contributed by atoms with E-state index in [0.29, 0.717) is 12.4 Å². The number of nitrogens with zero attached hydrogens (tertiary/aromatic N) is 5. The highest BCUT2D eigenvalue weighted by molar-refractivity contribution is 5.56. The van der Waals surface area contributed by atoms with Gasteiger partial charge in [0, 0.05) is 6.54 Å². The second-order valence-corrected chi connectivity index (χ2v) is 3.92. The number of aromatic nitrogens is 1. The Bertz CT molecular complexity index is 544. The molecule has 0 saturated heterocycles. The first-order valence-electron chi connectivity index (χ1n) is 6.01. The summed E-state index contributed by atoms with van der Waals surface area (Å²) in [6.07, 6.45) is 0.847. The number of nitriles is 2. The van der Waals surface area contributed by atoms with Gasteiger partial charge in [0.15, 0.2) is 0 Å². The number of anilines is 2. The van der Waals surface area contributed by atoms with Gasteiger partial charge in [0.05, 0.1) is 29.2 Å². The number of pyridine rings is 1. The Kier molecular flexibility index (Phi) is 5.73. The molecule has 0 radical (unpaired) electrons. The molecule has 0 unspecified atom stereocenters. The molecule has 0 aromatic carbocycles. The topological polar surface area (TPSA) is 119 Å². The fourth-order valence-electron chi connectivity index (χ4n) is 1.50. The second kappa shape index (κ2) is 7.54. The number of nitro groups is 1. The predicted molar refractivity (Wildman–Crippen MR) is 73.1 cm³/mol. The van der Waals surface area contributed by atoms with Crippen molar-refractivity contribution in [3.63, 3.8) is 0 Å². The number of hydrogen-bond acceptors (Lipinski definition) is 7. The van der Waals surface area contributed by atoms with Gasteiger partial charge in [-0.25, -0.2) is 4.98 Å². The lowest BCUT2D eigenvalue weighted by Crippen LogP contribution is -2.25. The average molecular weight is 274 g/mol. The third kappa shape index (κ3) is 4.10. The van der Waals surface area contributed by atoms with Crippen LogP contribution in [-0.4, -0.2) is 29.5 Å². The maximum absolute atomic E-state index is 10.9. The minimum atomic E-state index is -0.529. The third-order valence-corrected chi connectivity index (χ3v) is 2.41. The van der Waals surface area contributed by atoms with Crippen molar-refractivity contribution in [1.29, 1.82) is 10.5 Å². The van der Waals surface area contributed by atoms with Crippen molar-refractivity contribution in [2.24, 2.45) is 0 Å². The van der Waals surface area contributed by atoms with Crippen LogP contribution in [0.2, 0.25) is 0 Å². The van der Waals surface area contributed by atoms with Gasteiger partial charge in [0.1, 0.15) is 24.7 Å². The first-order valence-corrected chi connectivity index (χ1v) is 6.01. The summed E-state index contributed by atoms with van der Waals surface area (Å²) in [5.74, 6) is 0.595. The maximum Gasteiger partial charge on any atom is 0.276 e. The minimum absolute atomic E-state index is 0.0606. The van der Waals surface area contributed by atoms with Crippen molar-refractivity contribution in [1.82, 2.24) is 4.98 Å². The molecule has 1 N–H and O–H groups in total. The summed E-state index contributed by atoms with van der Waals surface area (Å²) < 4.78 is 0. The van der Waals surface area contributed by atoms with E-state index in [9.17, 15) is 10.1 Å². The maximum atomic E-state index is 10.9. The second-order valence-electron chi connectivity index (χ2n) is 3.92. The molecule has 0 atom stereocenters. The van der Waals surface area contributed by atoms with Crippen molar-refractivity contribution in [3.05, 3.63) is 22.2 Å². The van der Waals surface area contributed by atoms with Crippen LogP contribution in [0, 0.1) is 32.8 Å². The van der Waals surface area contributed by atoms with E-state index < -0.39 is 4.92 Å². The molecule has 1 aromatic rings. The summed E-state index contributed by atoms with van der Waals surface area (Å²) in [6, 6.07) is 6.40. The van der Waals surface area contributed by atoms with Crippen LogP contribution < -0.4 is 10.2 Å². The van der Waals surface area contributed by atoms with Gasteiger partial charge in [-0.15, -0.1) is 0 Å². The smallest absolute Gasteiger partial charge is 0.276 e. The SMILES string of the molecule is CCCNc1cc([N+](=O)[O-])cc(N(CC#N)CC#N)n1. The Balaban J connectivity index is 3.16. The molecule has 8 heteroatoms. The fourth-order valence-corrected chi connectivity index (χ4v) is 1.50. The van der Waals surface area contributed by atoms with Gasteiger partial charge >= 0.3 is 0 Å². The molecule has 0 saturated carbocycles. The normalized spacial score (nSPS) is 9.35. The molecule has 8 nitrogen and oxygen atoms in total. The molecular formula is C12H14N6O2. The van der Waals surface area contributed by atoms with Gasteiger partial charge in [0.25, 0.3) is 5.69 Å². The summed E-state index contributed by atoms with van der Waals surface area (Å²) in [7, 11) is 0. The van der Waals surface area contributed by atoms with E-state index in [1.54, 1.807) is 0 Å².